The standard InChI is InChI=1S/C6H12O3/c1-5(8-2)6(4-7)9-3/h4-6H,1-3H3. The van der Waals surface area contributed by atoms with Crippen molar-refractivity contribution in [2.45, 2.75) is 19.1 Å². The predicted molar refractivity (Wildman–Crippen MR) is 33.3 cm³/mol. The van der Waals surface area contributed by atoms with Crippen LogP contribution in [0.25, 0.3) is 0 Å². The molecular formula is C6H12O3. The van der Waals surface area contributed by atoms with Gasteiger partial charge in [0.25, 0.3) is 0 Å². The molecule has 0 fully saturated rings. The highest BCUT2D eigenvalue weighted by Gasteiger charge is 2.13. The van der Waals surface area contributed by atoms with E-state index in [2.05, 4.69) is 0 Å². The van der Waals surface area contributed by atoms with Crippen molar-refractivity contribution in [1.82, 2.24) is 0 Å². The highest BCUT2D eigenvalue weighted by Crippen LogP contribution is 1.96. The molecule has 0 aliphatic rings. The van der Waals surface area contributed by atoms with Crippen molar-refractivity contribution in [3.05, 3.63) is 0 Å². The van der Waals surface area contributed by atoms with Crippen molar-refractivity contribution in [3.8, 4) is 0 Å². The quantitative estimate of drug-likeness (QED) is 0.514. The molecule has 0 aliphatic carbocycles. The molecule has 0 N–H and O–H groups in total. The summed E-state index contributed by atoms with van der Waals surface area (Å²) in [5, 5.41) is 0. The van der Waals surface area contributed by atoms with Crippen LogP contribution in [-0.2, 0) is 14.3 Å². The molecule has 0 radical (unpaired) electrons. The lowest BCUT2D eigenvalue weighted by molar-refractivity contribution is -0.123. The van der Waals surface area contributed by atoms with Gasteiger partial charge in [-0.2, -0.15) is 0 Å². The molecule has 9 heavy (non-hydrogen) atoms. The summed E-state index contributed by atoms with van der Waals surface area (Å²) in [5.74, 6) is 0. The smallest absolute Gasteiger partial charge is 0.151 e. The Morgan fingerprint density at radius 2 is 1.89 bits per heavy atom. The number of rotatable bonds is 4. The highest BCUT2D eigenvalue weighted by molar-refractivity contribution is 5.56. The fraction of sp³-hybridized carbons (Fsp3) is 0.833. The second-order valence-corrected chi connectivity index (χ2v) is 1.78. The average Bonchev–Trinajstić information content (AvgIpc) is 1.90. The number of ether oxygens (including phenoxy) is 2. The predicted octanol–water partition coefficient (Wildman–Crippen LogP) is 0.235. The Bertz CT molecular complexity index is 82.4. The van der Waals surface area contributed by atoms with Crippen molar-refractivity contribution in [3.63, 3.8) is 0 Å². The van der Waals surface area contributed by atoms with E-state index in [4.69, 9.17) is 9.47 Å². The minimum absolute atomic E-state index is 0.160. The lowest BCUT2D eigenvalue weighted by atomic mass is 10.2. The molecule has 0 aromatic rings. The second-order valence-electron chi connectivity index (χ2n) is 1.78. The molecule has 0 heterocycles. The Kier molecular flexibility index (Phi) is 4.26. The minimum Gasteiger partial charge on any atom is -0.379 e. The fourth-order valence-electron chi connectivity index (χ4n) is 0.492. The van der Waals surface area contributed by atoms with Gasteiger partial charge in [0.1, 0.15) is 6.10 Å². The van der Waals surface area contributed by atoms with E-state index in [9.17, 15) is 4.79 Å². The van der Waals surface area contributed by atoms with E-state index in [0.29, 0.717) is 0 Å². The van der Waals surface area contributed by atoms with Gasteiger partial charge >= 0.3 is 0 Å². The topological polar surface area (TPSA) is 35.5 Å². The number of hydrogen-bond acceptors (Lipinski definition) is 3. The summed E-state index contributed by atoms with van der Waals surface area (Å²) >= 11 is 0. The molecule has 0 spiro atoms. The Morgan fingerprint density at radius 3 is 2.00 bits per heavy atom. The second kappa shape index (κ2) is 4.47. The molecule has 0 amide bonds. The van der Waals surface area contributed by atoms with Gasteiger partial charge in [-0.15, -0.1) is 0 Å². The molecular weight excluding hydrogens is 120 g/mol. The zero-order chi connectivity index (χ0) is 7.28. The average molecular weight is 132 g/mol. The van der Waals surface area contributed by atoms with Gasteiger partial charge in [-0.1, -0.05) is 0 Å². The van der Waals surface area contributed by atoms with Gasteiger partial charge in [0, 0.05) is 14.2 Å². The molecule has 2 atom stereocenters. The maximum atomic E-state index is 10.1. The van der Waals surface area contributed by atoms with Gasteiger partial charge in [0.15, 0.2) is 6.29 Å². The van der Waals surface area contributed by atoms with E-state index in [1.165, 1.54) is 7.11 Å². The number of aldehydes is 1. The van der Waals surface area contributed by atoms with Gasteiger partial charge in [0.05, 0.1) is 6.10 Å². The summed E-state index contributed by atoms with van der Waals surface area (Å²) in [6.07, 6.45) is 0.135. The van der Waals surface area contributed by atoms with E-state index < -0.39 is 6.10 Å². The first-order chi connectivity index (χ1) is 4.26. The summed E-state index contributed by atoms with van der Waals surface area (Å²) < 4.78 is 9.60. The molecule has 54 valence electrons. The van der Waals surface area contributed by atoms with Crippen molar-refractivity contribution in [2.24, 2.45) is 0 Å². The zero-order valence-corrected chi connectivity index (χ0v) is 5.96. The summed E-state index contributed by atoms with van der Waals surface area (Å²) in [6.45, 7) is 1.78. The molecule has 0 aromatic heterocycles. The lowest BCUT2D eigenvalue weighted by Crippen LogP contribution is -2.28. The van der Waals surface area contributed by atoms with Crippen LogP contribution in [0.15, 0.2) is 0 Å². The maximum absolute atomic E-state index is 10.1. The molecule has 3 nitrogen and oxygen atoms in total. The summed E-state index contributed by atoms with van der Waals surface area (Å²) in [7, 11) is 3.02. The van der Waals surface area contributed by atoms with Gasteiger partial charge in [-0.25, -0.2) is 0 Å². The number of carbonyl (C=O) groups is 1. The van der Waals surface area contributed by atoms with E-state index in [1.807, 2.05) is 0 Å². The largest absolute Gasteiger partial charge is 0.379 e. The van der Waals surface area contributed by atoms with Gasteiger partial charge in [0.2, 0.25) is 0 Å². The normalized spacial score (nSPS) is 16.8. The van der Waals surface area contributed by atoms with Crippen LogP contribution in [0.1, 0.15) is 6.92 Å². The molecule has 0 bridgehead atoms. The molecule has 0 rings (SSSR count). The van der Waals surface area contributed by atoms with E-state index >= 15 is 0 Å². The van der Waals surface area contributed by atoms with Gasteiger partial charge in [-0.05, 0) is 6.92 Å². The molecule has 2 unspecified atom stereocenters. The van der Waals surface area contributed by atoms with Gasteiger partial charge < -0.3 is 14.3 Å². The third-order valence-corrected chi connectivity index (χ3v) is 1.24. The Morgan fingerprint density at radius 1 is 1.33 bits per heavy atom. The number of carbonyl (C=O) groups excluding carboxylic acids is 1. The Balaban J connectivity index is 3.63. The van der Waals surface area contributed by atoms with Crippen molar-refractivity contribution >= 4 is 6.29 Å². The van der Waals surface area contributed by atoms with Crippen LogP contribution in [0.5, 0.6) is 0 Å². The summed E-state index contributed by atoms with van der Waals surface area (Å²) in [5.41, 5.74) is 0. The molecule has 0 saturated carbocycles. The summed E-state index contributed by atoms with van der Waals surface area (Å²) in [4.78, 5) is 10.1. The first-order valence-electron chi connectivity index (χ1n) is 2.77. The maximum Gasteiger partial charge on any atom is 0.151 e. The van der Waals surface area contributed by atoms with Crippen molar-refractivity contribution in [1.29, 1.82) is 0 Å². The van der Waals surface area contributed by atoms with E-state index in [0.717, 1.165) is 6.29 Å². The van der Waals surface area contributed by atoms with Crippen LogP contribution in [0.2, 0.25) is 0 Å². The molecule has 3 heteroatoms. The number of hydrogen-bond donors (Lipinski definition) is 0. The Hall–Kier alpha value is -0.410. The lowest BCUT2D eigenvalue weighted by Gasteiger charge is -2.14. The van der Waals surface area contributed by atoms with Crippen LogP contribution < -0.4 is 0 Å². The molecule has 0 saturated heterocycles. The van der Waals surface area contributed by atoms with E-state index in [-0.39, 0.29) is 6.10 Å². The SMILES string of the molecule is COC(C)C(C=O)OC. The van der Waals surface area contributed by atoms with Crippen LogP contribution >= 0.6 is 0 Å². The third-order valence-electron chi connectivity index (χ3n) is 1.24. The minimum atomic E-state index is -0.435. The monoisotopic (exact) mass is 132 g/mol. The third kappa shape index (κ3) is 2.58. The fourth-order valence-corrected chi connectivity index (χ4v) is 0.492. The highest BCUT2D eigenvalue weighted by atomic mass is 16.5. The van der Waals surface area contributed by atoms with Crippen LogP contribution in [-0.4, -0.2) is 32.7 Å². The van der Waals surface area contributed by atoms with Gasteiger partial charge in [-0.3, -0.25) is 0 Å². The van der Waals surface area contributed by atoms with Crippen LogP contribution in [0, 0.1) is 0 Å². The molecule has 0 aliphatic heterocycles. The van der Waals surface area contributed by atoms with Crippen LogP contribution in [0.4, 0.5) is 0 Å². The Labute approximate surface area is 55.0 Å². The first kappa shape index (κ1) is 8.59. The first-order valence-corrected chi connectivity index (χ1v) is 2.77. The summed E-state index contributed by atoms with van der Waals surface area (Å²) in [6, 6.07) is 0. The molecule has 0 aromatic carbocycles. The zero-order valence-electron chi connectivity index (χ0n) is 5.96. The number of methoxy groups -OCH3 is 2. The van der Waals surface area contributed by atoms with Crippen molar-refractivity contribution in [2.75, 3.05) is 14.2 Å². The van der Waals surface area contributed by atoms with Crippen LogP contribution in [0.3, 0.4) is 0 Å². The van der Waals surface area contributed by atoms with E-state index in [1.54, 1.807) is 14.0 Å². The van der Waals surface area contributed by atoms with Crippen molar-refractivity contribution < 1.29 is 14.3 Å².